The number of hydrogen-bond donors (Lipinski definition) is 0. The lowest BCUT2D eigenvalue weighted by Gasteiger charge is -2.19. The van der Waals surface area contributed by atoms with Crippen LogP contribution in [0.4, 0.5) is 0 Å². The molecule has 0 heterocycles. The average molecular weight is 250 g/mol. The Balaban J connectivity index is 1.98. The Hall–Kier alpha value is -1.56. The van der Waals surface area contributed by atoms with Gasteiger partial charge in [0.25, 0.3) is 0 Å². The zero-order valence-corrected chi connectivity index (χ0v) is 11.9. The highest BCUT2D eigenvalue weighted by Crippen LogP contribution is 2.41. The summed E-state index contributed by atoms with van der Waals surface area (Å²) in [6.07, 6.45) is 4.16. The molecule has 0 unspecified atom stereocenters. The third kappa shape index (κ3) is 3.07. The van der Waals surface area contributed by atoms with E-state index in [2.05, 4.69) is 62.4 Å². The molecule has 0 radical (unpaired) electrons. The van der Waals surface area contributed by atoms with Gasteiger partial charge >= 0.3 is 0 Å². The Kier molecular flexibility index (Phi) is 3.42. The lowest BCUT2D eigenvalue weighted by Crippen LogP contribution is -2.03. The normalized spacial score (nSPS) is 16.3. The number of benzene rings is 2. The first kappa shape index (κ1) is 12.5. The van der Waals surface area contributed by atoms with Crippen LogP contribution in [0.5, 0.6) is 0 Å². The van der Waals surface area contributed by atoms with Crippen LogP contribution in [0.25, 0.3) is 0 Å². The van der Waals surface area contributed by atoms with Gasteiger partial charge in [-0.25, -0.2) is 0 Å². The zero-order valence-electron chi connectivity index (χ0n) is 11.9. The van der Waals surface area contributed by atoms with Crippen LogP contribution in [0.2, 0.25) is 0 Å². The van der Waals surface area contributed by atoms with Crippen LogP contribution in [-0.2, 0) is 0 Å². The molecule has 1 aliphatic rings. The maximum absolute atomic E-state index is 2.37. The molecule has 0 amide bonds. The van der Waals surface area contributed by atoms with Crippen LogP contribution in [0, 0.1) is 19.8 Å². The second-order valence-electron chi connectivity index (χ2n) is 6.06. The van der Waals surface area contributed by atoms with E-state index in [0.717, 1.165) is 5.92 Å². The second-order valence-corrected chi connectivity index (χ2v) is 6.06. The van der Waals surface area contributed by atoms with Crippen molar-refractivity contribution in [2.24, 2.45) is 5.92 Å². The fourth-order valence-electron chi connectivity index (χ4n) is 3.05. The molecule has 0 N–H and O–H groups in total. The van der Waals surface area contributed by atoms with Crippen LogP contribution in [0.15, 0.2) is 48.5 Å². The van der Waals surface area contributed by atoms with Crippen molar-refractivity contribution in [1.82, 2.24) is 0 Å². The molecule has 98 valence electrons. The topological polar surface area (TPSA) is 0 Å². The first-order valence-electron chi connectivity index (χ1n) is 7.35. The predicted molar refractivity (Wildman–Crippen MR) is 81.5 cm³/mol. The van der Waals surface area contributed by atoms with Gasteiger partial charge in [-0.3, -0.25) is 0 Å². The van der Waals surface area contributed by atoms with E-state index in [0.29, 0.717) is 5.92 Å². The van der Waals surface area contributed by atoms with E-state index < -0.39 is 0 Å². The van der Waals surface area contributed by atoms with E-state index in [1.165, 1.54) is 41.5 Å². The molecular formula is C19H22. The molecule has 0 spiro atoms. The number of rotatable bonds is 4. The summed E-state index contributed by atoms with van der Waals surface area (Å²) in [5.41, 5.74) is 5.73. The molecule has 0 bridgehead atoms. The highest BCUT2D eigenvalue weighted by molar-refractivity contribution is 5.37. The molecule has 0 nitrogen and oxygen atoms in total. The molecule has 1 aliphatic carbocycles. The van der Waals surface area contributed by atoms with E-state index in [4.69, 9.17) is 0 Å². The van der Waals surface area contributed by atoms with Gasteiger partial charge in [-0.1, -0.05) is 72.5 Å². The smallest absolute Gasteiger partial charge is 0.00921 e. The van der Waals surface area contributed by atoms with Crippen molar-refractivity contribution in [2.75, 3.05) is 0 Å². The van der Waals surface area contributed by atoms with Gasteiger partial charge in [0, 0.05) is 5.92 Å². The van der Waals surface area contributed by atoms with Crippen molar-refractivity contribution in [3.8, 4) is 0 Å². The first-order valence-corrected chi connectivity index (χ1v) is 7.35. The summed E-state index contributed by atoms with van der Waals surface area (Å²) in [5.74, 6) is 1.53. The van der Waals surface area contributed by atoms with Crippen LogP contribution in [0.3, 0.4) is 0 Å². The van der Waals surface area contributed by atoms with Gasteiger partial charge in [0.05, 0.1) is 0 Å². The molecule has 1 fully saturated rings. The highest BCUT2D eigenvalue weighted by atomic mass is 14.3. The van der Waals surface area contributed by atoms with Crippen molar-refractivity contribution in [3.63, 3.8) is 0 Å². The Labute approximate surface area is 116 Å². The Morgan fingerprint density at radius 1 is 0.895 bits per heavy atom. The fraction of sp³-hybridized carbons (Fsp3) is 0.368. The van der Waals surface area contributed by atoms with Gasteiger partial charge in [0.15, 0.2) is 0 Å². The van der Waals surface area contributed by atoms with Gasteiger partial charge in [0.2, 0.25) is 0 Å². The maximum Gasteiger partial charge on any atom is 0.00921 e. The van der Waals surface area contributed by atoms with Crippen LogP contribution in [0.1, 0.15) is 47.4 Å². The summed E-state index contributed by atoms with van der Waals surface area (Å²) >= 11 is 0. The molecule has 0 aromatic heterocycles. The van der Waals surface area contributed by atoms with E-state index >= 15 is 0 Å². The summed E-state index contributed by atoms with van der Waals surface area (Å²) in [6, 6.07) is 18.0. The number of hydrogen-bond acceptors (Lipinski definition) is 0. The lowest BCUT2D eigenvalue weighted by molar-refractivity contribution is 0.647. The van der Waals surface area contributed by atoms with E-state index in [-0.39, 0.29) is 0 Å². The molecule has 3 rings (SSSR count). The molecule has 1 atom stereocenters. The van der Waals surface area contributed by atoms with Gasteiger partial charge in [0.1, 0.15) is 0 Å². The lowest BCUT2D eigenvalue weighted by atomic mass is 9.85. The quantitative estimate of drug-likeness (QED) is 0.696. The monoisotopic (exact) mass is 250 g/mol. The van der Waals surface area contributed by atoms with E-state index in [9.17, 15) is 0 Å². The zero-order chi connectivity index (χ0) is 13.2. The maximum atomic E-state index is 2.37. The Bertz CT molecular complexity index is 529. The van der Waals surface area contributed by atoms with Crippen molar-refractivity contribution < 1.29 is 0 Å². The minimum absolute atomic E-state index is 0.576. The highest BCUT2D eigenvalue weighted by Gasteiger charge is 2.27. The summed E-state index contributed by atoms with van der Waals surface area (Å²) in [6.45, 7) is 4.41. The van der Waals surface area contributed by atoms with Crippen LogP contribution in [-0.4, -0.2) is 0 Å². The van der Waals surface area contributed by atoms with Crippen molar-refractivity contribution in [1.29, 1.82) is 0 Å². The molecule has 1 saturated carbocycles. The SMILES string of the molecule is Cc1cc(C)cc([C@@H](CC2CC2)c2ccccc2)c1. The third-order valence-electron chi connectivity index (χ3n) is 4.11. The minimum Gasteiger partial charge on any atom is -0.0622 e. The van der Waals surface area contributed by atoms with Crippen molar-refractivity contribution in [2.45, 2.75) is 39.0 Å². The molecule has 0 heteroatoms. The summed E-state index contributed by atoms with van der Waals surface area (Å²) in [4.78, 5) is 0. The molecule has 19 heavy (non-hydrogen) atoms. The van der Waals surface area contributed by atoms with Gasteiger partial charge in [-0.05, 0) is 37.3 Å². The third-order valence-corrected chi connectivity index (χ3v) is 4.11. The van der Waals surface area contributed by atoms with Crippen LogP contribution < -0.4 is 0 Å². The first-order chi connectivity index (χ1) is 9.22. The Morgan fingerprint density at radius 2 is 1.53 bits per heavy atom. The molecule has 2 aromatic rings. The standard InChI is InChI=1S/C19H22/c1-14-10-15(2)12-18(11-14)19(13-16-8-9-16)17-6-4-3-5-7-17/h3-7,10-12,16,19H,8-9,13H2,1-2H3/t19-/m0/s1. The van der Waals surface area contributed by atoms with Crippen LogP contribution >= 0.6 is 0 Å². The average Bonchev–Trinajstić information content (AvgIpc) is 3.20. The van der Waals surface area contributed by atoms with E-state index in [1.807, 2.05) is 0 Å². The van der Waals surface area contributed by atoms with Crippen molar-refractivity contribution >= 4 is 0 Å². The summed E-state index contributed by atoms with van der Waals surface area (Å²) in [5, 5.41) is 0. The molecular weight excluding hydrogens is 228 g/mol. The fourth-order valence-corrected chi connectivity index (χ4v) is 3.05. The molecule has 0 aliphatic heterocycles. The number of aryl methyl sites for hydroxylation is 2. The largest absolute Gasteiger partial charge is 0.0622 e. The second kappa shape index (κ2) is 5.21. The molecule has 2 aromatic carbocycles. The van der Waals surface area contributed by atoms with Crippen molar-refractivity contribution in [3.05, 3.63) is 70.8 Å². The van der Waals surface area contributed by atoms with Gasteiger partial charge in [-0.2, -0.15) is 0 Å². The van der Waals surface area contributed by atoms with Gasteiger partial charge < -0.3 is 0 Å². The minimum atomic E-state index is 0.576. The predicted octanol–water partition coefficient (Wildman–Crippen LogP) is 5.24. The summed E-state index contributed by atoms with van der Waals surface area (Å²) < 4.78 is 0. The molecule has 0 saturated heterocycles. The summed E-state index contributed by atoms with van der Waals surface area (Å²) in [7, 11) is 0. The Morgan fingerprint density at radius 3 is 2.11 bits per heavy atom. The van der Waals surface area contributed by atoms with E-state index in [1.54, 1.807) is 0 Å². The van der Waals surface area contributed by atoms with Gasteiger partial charge in [-0.15, -0.1) is 0 Å².